The third kappa shape index (κ3) is 17.6. The number of hydrogen-bond acceptors (Lipinski definition) is 3. The monoisotopic (exact) mass is 401 g/mol. The van der Waals surface area contributed by atoms with Gasteiger partial charge in [0.2, 0.25) is 0 Å². The number of unbranched alkanes of at least 4 members (excludes halogenated alkanes) is 7. The van der Waals surface area contributed by atoms with Crippen LogP contribution in [-0.4, -0.2) is 24.7 Å². The second-order valence-corrected chi connectivity index (χ2v) is 7.46. The Morgan fingerprint density at radius 2 is 1.31 bits per heavy atom. The number of aromatic amines is 1. The third-order valence-electron chi connectivity index (χ3n) is 3.56. The van der Waals surface area contributed by atoms with Gasteiger partial charge in [0.15, 0.2) is 17.9 Å². The van der Waals surface area contributed by atoms with E-state index in [4.69, 9.17) is 0 Å². The van der Waals surface area contributed by atoms with Crippen molar-refractivity contribution < 1.29 is 35.5 Å². The van der Waals surface area contributed by atoms with Gasteiger partial charge in [0.1, 0.15) is 10.1 Å². The molecule has 1 rings (SSSR count). The zero-order valence-corrected chi connectivity index (χ0v) is 15.5. The molecule has 1 aromatic rings. The molecule has 1 unspecified atom stereocenters. The SMILES string of the molecule is O=S(=O)([O-])C(F)CCCCCCCCCCC(F)(F)F.c1cc[nH+]cc1. The molecule has 0 saturated heterocycles. The Bertz CT molecular complexity index is 512. The van der Waals surface area contributed by atoms with Crippen molar-refractivity contribution in [3.05, 3.63) is 30.6 Å². The van der Waals surface area contributed by atoms with E-state index >= 15 is 0 Å². The average Bonchev–Trinajstić information content (AvgIpc) is 2.56. The predicted octanol–water partition coefficient (Wildman–Crippen LogP) is 4.79. The number of pyridine rings is 1. The van der Waals surface area contributed by atoms with Gasteiger partial charge in [-0.15, -0.1) is 0 Å². The van der Waals surface area contributed by atoms with Crippen molar-refractivity contribution in [2.45, 2.75) is 75.9 Å². The van der Waals surface area contributed by atoms with Crippen LogP contribution in [0, 0.1) is 0 Å². The van der Waals surface area contributed by atoms with Gasteiger partial charge in [-0.3, -0.25) is 0 Å². The number of alkyl halides is 4. The van der Waals surface area contributed by atoms with E-state index in [0.29, 0.717) is 19.3 Å². The normalized spacial score (nSPS) is 13.0. The van der Waals surface area contributed by atoms with Crippen LogP contribution in [0.4, 0.5) is 17.6 Å². The molecule has 0 spiro atoms. The first-order valence-corrected chi connectivity index (χ1v) is 10.2. The summed E-state index contributed by atoms with van der Waals surface area (Å²) in [7, 11) is -4.83. The summed E-state index contributed by atoms with van der Waals surface area (Å²) in [5.41, 5.74) is -2.33. The molecule has 0 aliphatic heterocycles. The van der Waals surface area contributed by atoms with E-state index in [2.05, 4.69) is 4.98 Å². The summed E-state index contributed by atoms with van der Waals surface area (Å²) >= 11 is 0. The summed E-state index contributed by atoms with van der Waals surface area (Å²) in [6, 6.07) is 5.86. The zero-order valence-electron chi connectivity index (χ0n) is 14.7. The number of hydrogen-bond donors (Lipinski definition) is 0. The second-order valence-electron chi connectivity index (χ2n) is 5.96. The van der Waals surface area contributed by atoms with Gasteiger partial charge in [-0.25, -0.2) is 17.8 Å². The van der Waals surface area contributed by atoms with Crippen LogP contribution in [0.1, 0.15) is 64.2 Å². The van der Waals surface area contributed by atoms with Crippen molar-refractivity contribution in [3.63, 3.8) is 0 Å². The molecule has 0 amide bonds. The fourth-order valence-electron chi connectivity index (χ4n) is 2.18. The van der Waals surface area contributed by atoms with Gasteiger partial charge in [-0.05, 0) is 19.3 Å². The van der Waals surface area contributed by atoms with Crippen molar-refractivity contribution in [1.29, 1.82) is 0 Å². The maximum atomic E-state index is 12.7. The molecule has 0 aliphatic rings. The molecule has 152 valence electrons. The lowest BCUT2D eigenvalue weighted by Gasteiger charge is -2.11. The highest BCUT2D eigenvalue weighted by Gasteiger charge is 2.25. The van der Waals surface area contributed by atoms with Gasteiger partial charge in [-0.1, -0.05) is 44.6 Å². The minimum Gasteiger partial charge on any atom is -0.746 e. The molecule has 0 aromatic carbocycles. The van der Waals surface area contributed by atoms with Gasteiger partial charge < -0.3 is 4.55 Å². The minimum atomic E-state index is -4.83. The molecule has 0 aliphatic carbocycles. The van der Waals surface area contributed by atoms with Gasteiger partial charge in [0.25, 0.3) is 0 Å². The van der Waals surface area contributed by atoms with E-state index in [0.717, 1.165) is 25.7 Å². The Balaban J connectivity index is 0.000000867. The second kappa shape index (κ2) is 13.9. The van der Waals surface area contributed by atoms with E-state index in [9.17, 15) is 30.5 Å². The van der Waals surface area contributed by atoms with Crippen molar-refractivity contribution in [2.75, 3.05) is 0 Å². The summed E-state index contributed by atoms with van der Waals surface area (Å²) in [4.78, 5) is 2.89. The van der Waals surface area contributed by atoms with Crippen LogP contribution in [0.15, 0.2) is 30.6 Å². The summed E-state index contributed by atoms with van der Waals surface area (Å²) in [5, 5.41) is 0. The van der Waals surface area contributed by atoms with Crippen molar-refractivity contribution >= 4 is 10.1 Å². The van der Waals surface area contributed by atoms with Gasteiger partial charge >= 0.3 is 6.18 Å². The Labute approximate surface area is 152 Å². The summed E-state index contributed by atoms with van der Waals surface area (Å²) in [6.45, 7) is 0. The molecule has 0 bridgehead atoms. The van der Waals surface area contributed by atoms with Crippen LogP contribution in [0.2, 0.25) is 0 Å². The first kappa shape index (κ1) is 24.8. The Morgan fingerprint density at radius 1 is 0.846 bits per heavy atom. The molecular weight excluding hydrogens is 374 g/mol. The highest BCUT2D eigenvalue weighted by atomic mass is 32.2. The molecular formula is C17H27F4NO3S. The Hall–Kier alpha value is -1.22. The van der Waals surface area contributed by atoms with E-state index in [1.807, 2.05) is 30.6 Å². The van der Waals surface area contributed by atoms with Crippen LogP contribution in [-0.2, 0) is 10.1 Å². The molecule has 0 saturated carbocycles. The number of aromatic nitrogens is 1. The van der Waals surface area contributed by atoms with Gasteiger partial charge in [0.05, 0.1) is 0 Å². The molecule has 1 heterocycles. The van der Waals surface area contributed by atoms with Crippen LogP contribution >= 0.6 is 0 Å². The molecule has 1 atom stereocenters. The molecule has 1 aromatic heterocycles. The minimum absolute atomic E-state index is 0.147. The molecule has 26 heavy (non-hydrogen) atoms. The van der Waals surface area contributed by atoms with Crippen molar-refractivity contribution in [2.24, 2.45) is 0 Å². The maximum Gasteiger partial charge on any atom is 0.389 e. The predicted molar refractivity (Wildman–Crippen MR) is 89.8 cm³/mol. The third-order valence-corrected chi connectivity index (χ3v) is 4.42. The lowest BCUT2D eigenvalue weighted by molar-refractivity contribution is -0.377. The first-order chi connectivity index (χ1) is 12.1. The fourth-order valence-corrected chi connectivity index (χ4v) is 2.63. The van der Waals surface area contributed by atoms with Gasteiger partial charge in [0, 0.05) is 18.6 Å². The van der Waals surface area contributed by atoms with Crippen molar-refractivity contribution in [3.8, 4) is 0 Å². The molecule has 0 radical (unpaired) electrons. The van der Waals surface area contributed by atoms with Crippen LogP contribution in [0.3, 0.4) is 0 Å². The average molecular weight is 401 g/mol. The van der Waals surface area contributed by atoms with E-state index < -0.39 is 28.2 Å². The Kier molecular flexibility index (Phi) is 13.3. The molecule has 4 nitrogen and oxygen atoms in total. The summed E-state index contributed by atoms with van der Waals surface area (Å²) in [6.07, 6.45) is 3.44. The topological polar surface area (TPSA) is 71.3 Å². The zero-order chi connectivity index (χ0) is 19.9. The van der Waals surface area contributed by atoms with Gasteiger partial charge in [-0.2, -0.15) is 13.2 Å². The highest BCUT2D eigenvalue weighted by Crippen LogP contribution is 2.23. The van der Waals surface area contributed by atoms with E-state index in [1.54, 1.807) is 0 Å². The van der Waals surface area contributed by atoms with E-state index in [1.165, 1.54) is 0 Å². The number of rotatable bonds is 11. The number of H-pyrrole nitrogens is 1. The van der Waals surface area contributed by atoms with E-state index in [-0.39, 0.29) is 12.8 Å². The lowest BCUT2D eigenvalue weighted by atomic mass is 10.1. The molecule has 1 N–H and O–H groups in total. The number of halogens is 4. The van der Waals surface area contributed by atoms with Crippen LogP contribution in [0.25, 0.3) is 0 Å². The Morgan fingerprint density at radius 3 is 1.65 bits per heavy atom. The largest absolute Gasteiger partial charge is 0.746 e. The maximum absolute atomic E-state index is 12.7. The fraction of sp³-hybridized carbons (Fsp3) is 0.706. The number of nitrogens with one attached hydrogen (secondary N) is 1. The molecule has 9 heteroatoms. The smallest absolute Gasteiger partial charge is 0.389 e. The first-order valence-electron chi connectivity index (χ1n) is 8.69. The van der Waals surface area contributed by atoms with Crippen molar-refractivity contribution in [1.82, 2.24) is 0 Å². The lowest BCUT2D eigenvalue weighted by Crippen LogP contribution is -2.14. The van der Waals surface area contributed by atoms with Crippen LogP contribution < -0.4 is 4.98 Å². The summed E-state index contributed by atoms with van der Waals surface area (Å²) in [5.74, 6) is 0. The quantitative estimate of drug-likeness (QED) is 0.304. The summed E-state index contributed by atoms with van der Waals surface area (Å²) < 4.78 is 79.0. The highest BCUT2D eigenvalue weighted by molar-refractivity contribution is 7.86. The molecule has 0 fully saturated rings. The van der Waals surface area contributed by atoms with Crippen LogP contribution in [0.5, 0.6) is 0 Å². The standard InChI is InChI=1S/C12H22F4O3S.C5H5N/c13-11(20(17,18)19)9-7-5-3-1-2-4-6-8-10-12(14,15)16;1-2-4-6-5-3-1/h11H,1-10H2,(H,17,18,19);1-5H.